The molecular weight excluding hydrogens is 484 g/mol. The van der Waals surface area contributed by atoms with Gasteiger partial charge in [-0.3, -0.25) is 0 Å². The highest BCUT2D eigenvalue weighted by atomic mass is 16.5. The summed E-state index contributed by atoms with van der Waals surface area (Å²) in [6.45, 7) is 2.19. The summed E-state index contributed by atoms with van der Waals surface area (Å²) in [6, 6.07) is 15.5. The Morgan fingerprint density at radius 1 is 0.923 bits per heavy atom. The van der Waals surface area contributed by atoms with Crippen LogP contribution in [0.4, 0.5) is 0 Å². The van der Waals surface area contributed by atoms with Crippen molar-refractivity contribution >= 4 is 0 Å². The summed E-state index contributed by atoms with van der Waals surface area (Å²) in [7, 11) is 9.93. The van der Waals surface area contributed by atoms with Gasteiger partial charge in [0.15, 0.2) is 0 Å². The largest absolute Gasteiger partial charge is 0.497 e. The van der Waals surface area contributed by atoms with Gasteiger partial charge in [-0.2, -0.15) is 0 Å². The Hall–Kier alpha value is -2.08. The van der Waals surface area contributed by atoms with Gasteiger partial charge in [0.05, 0.1) is 19.8 Å². The number of methoxy groups -OCH3 is 2. The second kappa shape index (κ2) is 11.8. The van der Waals surface area contributed by atoms with E-state index < -0.39 is 5.60 Å². The third kappa shape index (κ3) is 5.47. The Morgan fingerprint density at radius 2 is 1.67 bits per heavy atom. The van der Waals surface area contributed by atoms with Gasteiger partial charge in [-0.25, -0.2) is 0 Å². The lowest BCUT2D eigenvalue weighted by Gasteiger charge is -2.58. The fraction of sp³-hybridized carbons (Fsp3) is 0.647. The van der Waals surface area contributed by atoms with Crippen LogP contribution in [0.25, 0.3) is 0 Å². The zero-order valence-electron chi connectivity index (χ0n) is 24.9. The zero-order valence-corrected chi connectivity index (χ0v) is 24.9. The molecule has 2 aromatic rings. The van der Waals surface area contributed by atoms with Crippen molar-refractivity contribution in [3.8, 4) is 11.5 Å². The summed E-state index contributed by atoms with van der Waals surface area (Å²) in [5.41, 5.74) is 3.96. The third-order valence-electron chi connectivity index (χ3n) is 10.5. The molecule has 3 fully saturated rings. The number of ether oxygens (including phenoxy) is 2. The Labute approximate surface area is 236 Å². The first-order chi connectivity index (χ1) is 18.8. The lowest BCUT2D eigenvalue weighted by Crippen LogP contribution is -2.59. The predicted octanol–water partition coefficient (Wildman–Crippen LogP) is 6.02. The van der Waals surface area contributed by atoms with Crippen LogP contribution in [0.2, 0.25) is 0 Å². The van der Waals surface area contributed by atoms with Crippen LogP contribution in [0.3, 0.4) is 0 Å². The molecule has 2 saturated carbocycles. The van der Waals surface area contributed by atoms with E-state index in [1.807, 2.05) is 24.3 Å². The van der Waals surface area contributed by atoms with Gasteiger partial charge in [0, 0.05) is 23.9 Å². The Balaban J connectivity index is 0.000000158. The number of piperidine rings is 1. The number of likely N-dealkylation sites (tertiary alicyclic amines) is 1. The smallest absolute Gasteiger partial charge is 0.119 e. The van der Waals surface area contributed by atoms with E-state index in [2.05, 4.69) is 49.1 Å². The van der Waals surface area contributed by atoms with Gasteiger partial charge >= 0.3 is 0 Å². The van der Waals surface area contributed by atoms with Gasteiger partial charge in [0.2, 0.25) is 0 Å². The fourth-order valence-corrected chi connectivity index (χ4v) is 8.49. The second-order valence-electron chi connectivity index (χ2n) is 12.9. The standard InChI is InChI=1S/C18H25NO.C16H25NO2/c1-19-10-9-18-8-4-3-5-15(18)17(19)11-13-6-7-14(20-2)12-16(13)18;1-17(2)12-14-7-4-5-10-16(14,18)13-8-6-9-15(11-13)19-3/h6-7,12,15,17H,3-5,8-11H2,1-2H3;6,8-9,11,14,18H,4-5,7,10,12H2,1-3H3/t15-,17+,18+;14-,16+/m11/s1. The molecule has 0 amide bonds. The first kappa shape index (κ1) is 28.4. The maximum Gasteiger partial charge on any atom is 0.119 e. The van der Waals surface area contributed by atoms with E-state index in [0.29, 0.717) is 11.3 Å². The molecule has 0 radical (unpaired) electrons. The number of hydrogen-bond acceptors (Lipinski definition) is 5. The molecule has 5 heteroatoms. The third-order valence-corrected chi connectivity index (χ3v) is 10.5. The van der Waals surface area contributed by atoms with Crippen LogP contribution in [0, 0.1) is 11.8 Å². The predicted molar refractivity (Wildman–Crippen MR) is 159 cm³/mol. The van der Waals surface area contributed by atoms with E-state index in [4.69, 9.17) is 9.47 Å². The van der Waals surface area contributed by atoms with E-state index in [-0.39, 0.29) is 0 Å². The maximum atomic E-state index is 11.2. The van der Waals surface area contributed by atoms with Gasteiger partial charge in [-0.15, -0.1) is 0 Å². The van der Waals surface area contributed by atoms with Crippen molar-refractivity contribution in [1.29, 1.82) is 0 Å². The molecule has 2 aromatic carbocycles. The number of nitrogens with zero attached hydrogens (tertiary/aromatic N) is 2. The molecular formula is C34H50N2O3. The quantitative estimate of drug-likeness (QED) is 0.508. The van der Waals surface area contributed by atoms with Gasteiger partial charge in [-0.05, 0) is 113 Å². The average molecular weight is 535 g/mol. The summed E-state index contributed by atoms with van der Waals surface area (Å²) in [4.78, 5) is 4.79. The van der Waals surface area contributed by atoms with E-state index in [1.54, 1.807) is 25.3 Å². The number of hydrogen-bond donors (Lipinski definition) is 1. The number of aliphatic hydroxyl groups is 1. The van der Waals surface area contributed by atoms with Crippen LogP contribution in [0.5, 0.6) is 11.5 Å². The molecule has 1 saturated heterocycles. The minimum Gasteiger partial charge on any atom is -0.497 e. The SMILES string of the molecule is COc1ccc2c(c1)[C@]13CCCC[C@@H]1[C@H](C2)N(C)CC3.COc1cccc([C@@]2(O)CCCC[C@@H]2CN(C)C)c1. The van der Waals surface area contributed by atoms with Crippen LogP contribution in [0.1, 0.15) is 74.5 Å². The molecule has 0 spiro atoms. The van der Waals surface area contributed by atoms with Crippen molar-refractivity contribution < 1.29 is 14.6 Å². The van der Waals surface area contributed by atoms with Crippen LogP contribution in [-0.2, 0) is 17.4 Å². The van der Waals surface area contributed by atoms with Crippen molar-refractivity contribution in [2.75, 3.05) is 48.5 Å². The molecule has 5 atom stereocenters. The zero-order chi connectivity index (χ0) is 27.6. The van der Waals surface area contributed by atoms with Crippen LogP contribution in [0.15, 0.2) is 42.5 Å². The highest BCUT2D eigenvalue weighted by Crippen LogP contribution is 2.56. The number of rotatable bonds is 5. The van der Waals surface area contributed by atoms with Crippen molar-refractivity contribution in [1.82, 2.24) is 9.80 Å². The van der Waals surface area contributed by atoms with Crippen molar-refractivity contribution in [3.63, 3.8) is 0 Å². The normalized spacial score (nSPS) is 31.9. The van der Waals surface area contributed by atoms with E-state index in [0.717, 1.165) is 54.8 Å². The minimum absolute atomic E-state index is 0.295. The second-order valence-corrected chi connectivity index (χ2v) is 12.9. The topological polar surface area (TPSA) is 45.2 Å². The van der Waals surface area contributed by atoms with E-state index >= 15 is 0 Å². The first-order valence-corrected chi connectivity index (χ1v) is 15.2. The first-order valence-electron chi connectivity index (χ1n) is 15.2. The summed E-state index contributed by atoms with van der Waals surface area (Å²) in [5.74, 6) is 3.03. The van der Waals surface area contributed by atoms with Crippen molar-refractivity contribution in [3.05, 3.63) is 59.2 Å². The van der Waals surface area contributed by atoms with Crippen molar-refractivity contribution in [2.45, 2.75) is 81.3 Å². The fourth-order valence-electron chi connectivity index (χ4n) is 8.49. The van der Waals surface area contributed by atoms with Gasteiger partial charge in [0.25, 0.3) is 0 Å². The lowest BCUT2D eigenvalue weighted by molar-refractivity contribution is -0.0619. The minimum atomic E-state index is -0.711. The van der Waals surface area contributed by atoms with Gasteiger partial charge in [0.1, 0.15) is 11.5 Å². The molecule has 1 aliphatic heterocycles. The average Bonchev–Trinajstić information content (AvgIpc) is 2.96. The van der Waals surface area contributed by atoms with Crippen LogP contribution in [-0.4, -0.2) is 69.4 Å². The lowest BCUT2D eigenvalue weighted by atomic mass is 9.52. The van der Waals surface area contributed by atoms with Gasteiger partial charge in [-0.1, -0.05) is 43.9 Å². The molecule has 214 valence electrons. The highest BCUT2D eigenvalue weighted by molar-refractivity contribution is 5.45. The molecule has 1 heterocycles. The van der Waals surface area contributed by atoms with Crippen molar-refractivity contribution in [2.24, 2.45) is 11.8 Å². The molecule has 6 rings (SSSR count). The Kier molecular flexibility index (Phi) is 8.61. The summed E-state index contributed by atoms with van der Waals surface area (Å²) in [5, 5.41) is 11.2. The monoisotopic (exact) mass is 534 g/mol. The van der Waals surface area contributed by atoms with E-state index in [9.17, 15) is 5.11 Å². The summed E-state index contributed by atoms with van der Waals surface area (Å²) in [6.07, 6.45) is 12.5. The Morgan fingerprint density at radius 3 is 2.44 bits per heavy atom. The molecule has 0 unspecified atom stereocenters. The molecule has 2 bridgehead atoms. The highest BCUT2D eigenvalue weighted by Gasteiger charge is 2.53. The summed E-state index contributed by atoms with van der Waals surface area (Å²) < 4.78 is 10.8. The molecule has 4 aliphatic rings. The number of fused-ring (bicyclic) bond motifs is 1. The van der Waals surface area contributed by atoms with Crippen LogP contribution < -0.4 is 9.47 Å². The molecule has 3 aliphatic carbocycles. The summed E-state index contributed by atoms with van der Waals surface area (Å²) >= 11 is 0. The molecule has 1 N–H and O–H groups in total. The molecule has 39 heavy (non-hydrogen) atoms. The van der Waals surface area contributed by atoms with E-state index in [1.165, 1.54) is 51.5 Å². The van der Waals surface area contributed by atoms with Gasteiger partial charge < -0.3 is 24.4 Å². The number of likely N-dealkylation sites (N-methyl/N-ethyl adjacent to an activating group) is 1. The number of benzene rings is 2. The molecule has 5 nitrogen and oxygen atoms in total. The van der Waals surface area contributed by atoms with Crippen LogP contribution >= 0.6 is 0 Å². The maximum absolute atomic E-state index is 11.2. The Bertz CT molecular complexity index is 1120. The molecule has 0 aromatic heterocycles.